The van der Waals surface area contributed by atoms with E-state index >= 15 is 0 Å². The normalized spacial score (nSPS) is 11.5. The molecule has 0 unspecified atom stereocenters. The Bertz CT molecular complexity index is 2320. The van der Waals surface area contributed by atoms with Crippen LogP contribution in [0, 0.1) is 0 Å². The van der Waals surface area contributed by atoms with Crippen molar-refractivity contribution in [1.82, 2.24) is 0 Å². The Morgan fingerprint density at radius 2 is 0.587 bits per heavy atom. The molecule has 0 N–H and O–H groups in total. The summed E-state index contributed by atoms with van der Waals surface area (Å²) in [6.07, 6.45) is 0. The first kappa shape index (κ1) is 26.4. The number of hydrogen-bond donors (Lipinski definition) is 0. The molecule has 0 nitrogen and oxygen atoms in total. The molecular weight excluding hydrogens is 553 g/mol. The highest BCUT2D eigenvalue weighted by atomic mass is 14.2. The molecule has 0 amide bonds. The van der Waals surface area contributed by atoms with Crippen LogP contribution >= 0.6 is 0 Å². The van der Waals surface area contributed by atoms with Crippen molar-refractivity contribution >= 4 is 43.1 Å². The van der Waals surface area contributed by atoms with Gasteiger partial charge < -0.3 is 0 Å². The summed E-state index contributed by atoms with van der Waals surface area (Å²) in [5, 5.41) is 10.1. The number of hydrogen-bond acceptors (Lipinski definition) is 0. The third-order valence-electron chi connectivity index (χ3n) is 9.45. The fourth-order valence-electron chi connectivity index (χ4n) is 7.31. The molecule has 46 heavy (non-hydrogen) atoms. The first-order chi connectivity index (χ1) is 22.8. The molecule has 0 aliphatic rings. The zero-order chi connectivity index (χ0) is 30.5. The average Bonchev–Trinajstić information content (AvgIpc) is 3.14. The monoisotopic (exact) mass is 582 g/mol. The summed E-state index contributed by atoms with van der Waals surface area (Å²) in [5.41, 5.74) is 10.0. The molecule has 214 valence electrons. The minimum Gasteiger partial charge on any atom is -0.0622 e. The average molecular weight is 583 g/mol. The van der Waals surface area contributed by atoms with Gasteiger partial charge in [-0.15, -0.1) is 0 Å². The van der Waals surface area contributed by atoms with Gasteiger partial charge in [-0.05, 0) is 99.7 Å². The number of rotatable bonds is 4. The molecule has 9 aromatic rings. The highest BCUT2D eigenvalue weighted by Crippen LogP contribution is 2.47. The molecule has 0 bridgehead atoms. The Labute approximate surface area is 268 Å². The van der Waals surface area contributed by atoms with Gasteiger partial charge >= 0.3 is 0 Å². The van der Waals surface area contributed by atoms with Gasteiger partial charge in [-0.2, -0.15) is 0 Å². The van der Waals surface area contributed by atoms with Crippen LogP contribution in [-0.2, 0) is 0 Å². The van der Waals surface area contributed by atoms with Crippen molar-refractivity contribution in [3.63, 3.8) is 0 Å². The smallest absolute Gasteiger partial charge is 0.00201 e. The summed E-state index contributed by atoms with van der Waals surface area (Å²) >= 11 is 0. The lowest BCUT2D eigenvalue weighted by Crippen LogP contribution is -1.92. The van der Waals surface area contributed by atoms with Crippen LogP contribution in [0.3, 0.4) is 0 Å². The molecule has 9 aromatic carbocycles. The van der Waals surface area contributed by atoms with Gasteiger partial charge in [0.05, 0.1) is 0 Å². The van der Waals surface area contributed by atoms with E-state index in [1.807, 2.05) is 0 Å². The second kappa shape index (κ2) is 10.9. The van der Waals surface area contributed by atoms with Gasteiger partial charge in [-0.3, -0.25) is 0 Å². The predicted molar refractivity (Wildman–Crippen MR) is 198 cm³/mol. The summed E-state index contributed by atoms with van der Waals surface area (Å²) in [5.74, 6) is 0. The van der Waals surface area contributed by atoms with Crippen molar-refractivity contribution in [2.75, 3.05) is 0 Å². The van der Waals surface area contributed by atoms with Gasteiger partial charge in [-0.25, -0.2) is 0 Å². The van der Waals surface area contributed by atoms with Crippen LogP contribution in [0.2, 0.25) is 0 Å². The molecule has 9 rings (SSSR count). The standard InChI is InChI=1S/C46H30/c1-3-13-31(14-4-1)35-27-25-33-17-11-23-41(43(33)29-35)45-37-19-7-9-21-39(37)46(40-22-10-8-20-38(40)45)42-24-12-18-34-26-28-36(30-44(34)42)32-15-5-2-6-16-32/h1-30H. The molecule has 0 heteroatoms. The fraction of sp³-hybridized carbons (Fsp3) is 0. The van der Waals surface area contributed by atoms with Crippen LogP contribution in [0.5, 0.6) is 0 Å². The van der Waals surface area contributed by atoms with Crippen molar-refractivity contribution in [2.24, 2.45) is 0 Å². The van der Waals surface area contributed by atoms with E-state index < -0.39 is 0 Å². The van der Waals surface area contributed by atoms with E-state index in [-0.39, 0.29) is 0 Å². The van der Waals surface area contributed by atoms with Crippen molar-refractivity contribution in [3.05, 3.63) is 182 Å². The molecule has 0 saturated heterocycles. The molecule has 0 radical (unpaired) electrons. The van der Waals surface area contributed by atoms with Crippen molar-refractivity contribution < 1.29 is 0 Å². The van der Waals surface area contributed by atoms with Crippen LogP contribution in [0.4, 0.5) is 0 Å². The van der Waals surface area contributed by atoms with Gasteiger partial charge in [0, 0.05) is 0 Å². The summed E-state index contributed by atoms with van der Waals surface area (Å²) in [6.45, 7) is 0. The minimum absolute atomic E-state index is 1.23. The van der Waals surface area contributed by atoms with Crippen LogP contribution in [0.1, 0.15) is 0 Å². The third-order valence-corrected chi connectivity index (χ3v) is 9.45. The maximum absolute atomic E-state index is 2.37. The van der Waals surface area contributed by atoms with E-state index in [0.717, 1.165) is 0 Å². The van der Waals surface area contributed by atoms with Gasteiger partial charge in [0.2, 0.25) is 0 Å². The Hall–Kier alpha value is -5.98. The van der Waals surface area contributed by atoms with E-state index in [1.54, 1.807) is 0 Å². The fourth-order valence-corrected chi connectivity index (χ4v) is 7.31. The highest BCUT2D eigenvalue weighted by Gasteiger charge is 2.19. The van der Waals surface area contributed by atoms with E-state index in [2.05, 4.69) is 182 Å². The summed E-state index contributed by atoms with van der Waals surface area (Å²) in [4.78, 5) is 0. The summed E-state index contributed by atoms with van der Waals surface area (Å²) in [6, 6.07) is 66.5. The lowest BCUT2D eigenvalue weighted by Gasteiger charge is -2.20. The van der Waals surface area contributed by atoms with E-state index in [0.29, 0.717) is 0 Å². The molecule has 0 aliphatic heterocycles. The van der Waals surface area contributed by atoms with Gasteiger partial charge in [0.1, 0.15) is 0 Å². The van der Waals surface area contributed by atoms with E-state index in [9.17, 15) is 0 Å². The summed E-state index contributed by atoms with van der Waals surface area (Å²) in [7, 11) is 0. The van der Waals surface area contributed by atoms with Gasteiger partial charge in [-0.1, -0.05) is 170 Å². The van der Waals surface area contributed by atoms with Crippen molar-refractivity contribution in [3.8, 4) is 44.5 Å². The molecule has 0 spiro atoms. The maximum atomic E-state index is 2.37. The van der Waals surface area contributed by atoms with Crippen molar-refractivity contribution in [2.45, 2.75) is 0 Å². The Morgan fingerprint density at radius 3 is 0.978 bits per heavy atom. The maximum Gasteiger partial charge on any atom is -0.00201 e. The van der Waals surface area contributed by atoms with Crippen LogP contribution in [0.15, 0.2) is 182 Å². The first-order valence-corrected chi connectivity index (χ1v) is 15.9. The molecule has 0 atom stereocenters. The Morgan fingerprint density at radius 1 is 0.217 bits per heavy atom. The van der Waals surface area contributed by atoms with Gasteiger partial charge in [0.15, 0.2) is 0 Å². The lowest BCUT2D eigenvalue weighted by atomic mass is 9.83. The Balaban J connectivity index is 1.36. The van der Waals surface area contributed by atoms with Crippen LogP contribution in [0.25, 0.3) is 87.6 Å². The second-order valence-corrected chi connectivity index (χ2v) is 12.1. The van der Waals surface area contributed by atoms with Gasteiger partial charge in [0.25, 0.3) is 0 Å². The number of benzene rings is 9. The van der Waals surface area contributed by atoms with E-state index in [1.165, 1.54) is 87.6 Å². The molecule has 0 aromatic heterocycles. The largest absolute Gasteiger partial charge is 0.0622 e. The third kappa shape index (κ3) is 4.30. The Kier molecular flexibility index (Phi) is 6.25. The van der Waals surface area contributed by atoms with Crippen LogP contribution in [-0.4, -0.2) is 0 Å². The second-order valence-electron chi connectivity index (χ2n) is 12.1. The zero-order valence-corrected chi connectivity index (χ0v) is 25.3. The van der Waals surface area contributed by atoms with Crippen LogP contribution < -0.4 is 0 Å². The SMILES string of the molecule is c1ccc(-c2ccc3cccc(-c4c5ccccc5c(-c5cccc6ccc(-c7ccccc7)cc56)c5ccccc45)c3c2)cc1. The predicted octanol–water partition coefficient (Wildman–Crippen LogP) is 13.0. The quantitative estimate of drug-likeness (QED) is 0.181. The topological polar surface area (TPSA) is 0 Å². The van der Waals surface area contributed by atoms with Crippen molar-refractivity contribution in [1.29, 1.82) is 0 Å². The molecular formula is C46H30. The summed E-state index contributed by atoms with van der Waals surface area (Å²) < 4.78 is 0. The molecule has 0 heterocycles. The highest BCUT2D eigenvalue weighted by molar-refractivity contribution is 6.25. The molecule has 0 aliphatic carbocycles. The molecule has 0 saturated carbocycles. The lowest BCUT2D eigenvalue weighted by molar-refractivity contribution is 1.64. The molecule has 0 fully saturated rings. The minimum atomic E-state index is 1.23. The van der Waals surface area contributed by atoms with E-state index in [4.69, 9.17) is 0 Å². The number of fused-ring (bicyclic) bond motifs is 4. The zero-order valence-electron chi connectivity index (χ0n) is 25.3. The first-order valence-electron chi connectivity index (χ1n) is 15.9.